The molecule has 0 heterocycles. The van der Waals surface area contributed by atoms with Gasteiger partial charge in [-0.2, -0.15) is 0 Å². The lowest BCUT2D eigenvalue weighted by atomic mass is 10.1. The zero-order valence-corrected chi connectivity index (χ0v) is 6.92. The Hall–Kier alpha value is -0.410. The van der Waals surface area contributed by atoms with Gasteiger partial charge in [0.25, 0.3) is 0 Å². The smallest absolute Gasteiger partial charge is 0.163 e. The van der Waals surface area contributed by atoms with Crippen LogP contribution in [0.5, 0.6) is 0 Å². The molecule has 0 bridgehead atoms. The first kappa shape index (κ1) is 10.6. The van der Waals surface area contributed by atoms with Gasteiger partial charge < -0.3 is 10.2 Å². The van der Waals surface area contributed by atoms with E-state index < -0.39 is 12.7 Å². The molecule has 11 heavy (non-hydrogen) atoms. The summed E-state index contributed by atoms with van der Waals surface area (Å²) in [6, 6.07) is 0. The van der Waals surface area contributed by atoms with Crippen LogP contribution in [0.2, 0.25) is 0 Å². The van der Waals surface area contributed by atoms with Crippen molar-refractivity contribution in [1.82, 2.24) is 0 Å². The lowest BCUT2D eigenvalue weighted by Gasteiger charge is -2.04. The van der Waals surface area contributed by atoms with Crippen molar-refractivity contribution >= 4 is 5.78 Å². The SMILES string of the molecule is CCCCCC(=O)[C@H](O)CO. The predicted octanol–water partition coefficient (Wildman–Crippen LogP) is 0.489. The van der Waals surface area contributed by atoms with E-state index in [4.69, 9.17) is 10.2 Å². The highest BCUT2D eigenvalue weighted by atomic mass is 16.3. The Morgan fingerprint density at radius 1 is 1.45 bits per heavy atom. The topological polar surface area (TPSA) is 57.5 Å². The Labute approximate surface area is 67.0 Å². The van der Waals surface area contributed by atoms with Crippen molar-refractivity contribution in [1.29, 1.82) is 0 Å². The van der Waals surface area contributed by atoms with Crippen molar-refractivity contribution in [2.75, 3.05) is 6.61 Å². The number of carbonyl (C=O) groups excluding carboxylic acids is 1. The number of rotatable bonds is 6. The zero-order valence-electron chi connectivity index (χ0n) is 6.92. The molecule has 0 aliphatic carbocycles. The summed E-state index contributed by atoms with van der Waals surface area (Å²) in [5.41, 5.74) is 0. The minimum atomic E-state index is -1.16. The molecule has 2 N–H and O–H groups in total. The minimum Gasteiger partial charge on any atom is -0.393 e. The van der Waals surface area contributed by atoms with Crippen molar-refractivity contribution in [2.45, 2.75) is 38.7 Å². The standard InChI is InChI=1S/C8H16O3/c1-2-3-4-5-7(10)8(11)6-9/h8-9,11H,2-6H2,1H3/t8-/m1/s1. The summed E-state index contributed by atoms with van der Waals surface area (Å²) in [4.78, 5) is 10.8. The zero-order chi connectivity index (χ0) is 8.69. The van der Waals surface area contributed by atoms with Crippen molar-refractivity contribution in [3.8, 4) is 0 Å². The van der Waals surface area contributed by atoms with Crippen LogP contribution in [-0.2, 0) is 4.79 Å². The molecule has 0 rings (SSSR count). The second-order valence-corrected chi connectivity index (χ2v) is 2.62. The van der Waals surface area contributed by atoms with Gasteiger partial charge in [-0.25, -0.2) is 0 Å². The maximum atomic E-state index is 10.8. The average molecular weight is 160 g/mol. The Morgan fingerprint density at radius 3 is 2.55 bits per heavy atom. The molecule has 66 valence electrons. The Balaban J connectivity index is 3.36. The van der Waals surface area contributed by atoms with Crippen LogP contribution in [-0.4, -0.2) is 28.7 Å². The molecule has 0 radical (unpaired) electrons. The maximum Gasteiger partial charge on any atom is 0.163 e. The number of ketones is 1. The lowest BCUT2D eigenvalue weighted by Crippen LogP contribution is -2.23. The van der Waals surface area contributed by atoms with Crippen LogP contribution in [0.3, 0.4) is 0 Å². The van der Waals surface area contributed by atoms with E-state index in [1.54, 1.807) is 0 Å². The summed E-state index contributed by atoms with van der Waals surface area (Å²) < 4.78 is 0. The highest BCUT2D eigenvalue weighted by Crippen LogP contribution is 2.01. The molecule has 3 nitrogen and oxygen atoms in total. The van der Waals surface area contributed by atoms with Gasteiger partial charge in [0.1, 0.15) is 6.10 Å². The number of carbonyl (C=O) groups is 1. The van der Waals surface area contributed by atoms with Gasteiger partial charge in [0.05, 0.1) is 6.61 Å². The first-order chi connectivity index (χ1) is 5.22. The summed E-state index contributed by atoms with van der Waals surface area (Å²) in [5, 5.41) is 17.2. The number of unbranched alkanes of at least 4 members (excludes halogenated alkanes) is 2. The third kappa shape index (κ3) is 4.93. The van der Waals surface area contributed by atoms with E-state index in [0.29, 0.717) is 6.42 Å². The molecule has 3 heteroatoms. The average Bonchev–Trinajstić information content (AvgIpc) is 2.03. The Bertz CT molecular complexity index is 112. The first-order valence-corrected chi connectivity index (χ1v) is 4.04. The van der Waals surface area contributed by atoms with Gasteiger partial charge in [-0.05, 0) is 6.42 Å². The Kier molecular flexibility index (Phi) is 6.07. The molecule has 0 unspecified atom stereocenters. The summed E-state index contributed by atoms with van der Waals surface area (Å²) >= 11 is 0. The monoisotopic (exact) mass is 160 g/mol. The Morgan fingerprint density at radius 2 is 2.09 bits per heavy atom. The number of hydrogen-bond donors (Lipinski definition) is 2. The van der Waals surface area contributed by atoms with E-state index in [2.05, 4.69) is 0 Å². The van der Waals surface area contributed by atoms with Crippen molar-refractivity contribution in [3.63, 3.8) is 0 Å². The minimum absolute atomic E-state index is 0.249. The van der Waals surface area contributed by atoms with Crippen molar-refractivity contribution < 1.29 is 15.0 Å². The van der Waals surface area contributed by atoms with Crippen LogP contribution in [0.15, 0.2) is 0 Å². The summed E-state index contributed by atoms with van der Waals surface area (Å²) in [6.07, 6.45) is 2.10. The summed E-state index contributed by atoms with van der Waals surface area (Å²) in [5.74, 6) is -0.249. The van der Waals surface area contributed by atoms with E-state index in [9.17, 15) is 4.79 Å². The fraction of sp³-hybridized carbons (Fsp3) is 0.875. The van der Waals surface area contributed by atoms with E-state index in [0.717, 1.165) is 19.3 Å². The van der Waals surface area contributed by atoms with Crippen LogP contribution in [0.4, 0.5) is 0 Å². The first-order valence-electron chi connectivity index (χ1n) is 4.04. The van der Waals surface area contributed by atoms with Gasteiger partial charge in [0, 0.05) is 6.42 Å². The third-order valence-electron chi connectivity index (χ3n) is 1.57. The fourth-order valence-electron chi connectivity index (χ4n) is 0.818. The second-order valence-electron chi connectivity index (χ2n) is 2.62. The number of aliphatic hydroxyl groups excluding tert-OH is 2. The maximum absolute atomic E-state index is 10.8. The molecule has 0 aliphatic rings. The molecular weight excluding hydrogens is 144 g/mol. The van der Waals surface area contributed by atoms with Gasteiger partial charge in [-0.1, -0.05) is 19.8 Å². The van der Waals surface area contributed by atoms with E-state index in [1.807, 2.05) is 6.92 Å². The number of aliphatic hydroxyl groups is 2. The van der Waals surface area contributed by atoms with Crippen LogP contribution in [0.1, 0.15) is 32.6 Å². The van der Waals surface area contributed by atoms with Crippen molar-refractivity contribution in [2.24, 2.45) is 0 Å². The molecule has 0 aromatic carbocycles. The van der Waals surface area contributed by atoms with E-state index >= 15 is 0 Å². The van der Waals surface area contributed by atoms with Gasteiger partial charge >= 0.3 is 0 Å². The van der Waals surface area contributed by atoms with Crippen LogP contribution >= 0.6 is 0 Å². The molecule has 0 aromatic heterocycles. The third-order valence-corrected chi connectivity index (χ3v) is 1.57. The molecule has 0 saturated carbocycles. The van der Waals surface area contributed by atoms with E-state index in [1.165, 1.54) is 0 Å². The van der Waals surface area contributed by atoms with Gasteiger partial charge in [-0.15, -0.1) is 0 Å². The van der Waals surface area contributed by atoms with Crippen LogP contribution < -0.4 is 0 Å². The fourth-order valence-corrected chi connectivity index (χ4v) is 0.818. The normalized spacial score (nSPS) is 13.0. The van der Waals surface area contributed by atoms with E-state index in [-0.39, 0.29) is 5.78 Å². The molecule has 0 fully saturated rings. The number of Topliss-reactive ketones (excluding diaryl/α,β-unsaturated/α-hetero) is 1. The molecule has 0 spiro atoms. The van der Waals surface area contributed by atoms with Gasteiger partial charge in [0.15, 0.2) is 5.78 Å². The molecule has 0 saturated heterocycles. The molecule has 0 aromatic rings. The largest absolute Gasteiger partial charge is 0.393 e. The predicted molar refractivity (Wildman–Crippen MR) is 42.2 cm³/mol. The van der Waals surface area contributed by atoms with Crippen LogP contribution in [0, 0.1) is 0 Å². The molecule has 0 amide bonds. The highest BCUT2D eigenvalue weighted by Gasteiger charge is 2.11. The summed E-state index contributed by atoms with van der Waals surface area (Å²) in [6.45, 7) is 1.60. The molecular formula is C8H16O3. The van der Waals surface area contributed by atoms with Crippen molar-refractivity contribution in [3.05, 3.63) is 0 Å². The van der Waals surface area contributed by atoms with Gasteiger partial charge in [0.2, 0.25) is 0 Å². The molecule has 1 atom stereocenters. The quantitative estimate of drug-likeness (QED) is 0.556. The number of hydrogen-bond acceptors (Lipinski definition) is 3. The highest BCUT2D eigenvalue weighted by molar-refractivity contribution is 5.82. The lowest BCUT2D eigenvalue weighted by molar-refractivity contribution is -0.129. The second kappa shape index (κ2) is 6.31. The van der Waals surface area contributed by atoms with Gasteiger partial charge in [-0.3, -0.25) is 4.79 Å². The van der Waals surface area contributed by atoms with Crippen LogP contribution in [0.25, 0.3) is 0 Å². The summed E-state index contributed by atoms with van der Waals surface area (Å²) in [7, 11) is 0. The molecule has 0 aliphatic heterocycles.